The predicted octanol–water partition coefficient (Wildman–Crippen LogP) is 1.35. The van der Waals surface area contributed by atoms with E-state index in [1.165, 1.54) is 12.8 Å². The number of imidazole rings is 1. The molecular formula is C9H10N4. The zero-order chi connectivity index (χ0) is 8.84. The van der Waals surface area contributed by atoms with Crippen LogP contribution in [0.25, 0.3) is 11.2 Å². The second-order valence-electron chi connectivity index (χ2n) is 3.49. The van der Waals surface area contributed by atoms with Crippen LogP contribution in [-0.4, -0.2) is 14.5 Å². The van der Waals surface area contributed by atoms with Gasteiger partial charge in [-0.05, 0) is 18.9 Å². The molecule has 2 aromatic rings. The Labute approximate surface area is 75.4 Å². The van der Waals surface area contributed by atoms with Crippen molar-refractivity contribution < 1.29 is 0 Å². The van der Waals surface area contributed by atoms with Crippen LogP contribution in [0.3, 0.4) is 0 Å². The van der Waals surface area contributed by atoms with Crippen LogP contribution >= 0.6 is 0 Å². The topological polar surface area (TPSA) is 56.7 Å². The van der Waals surface area contributed by atoms with Crippen LogP contribution in [0.15, 0.2) is 18.6 Å². The highest BCUT2D eigenvalue weighted by molar-refractivity contribution is 5.74. The summed E-state index contributed by atoms with van der Waals surface area (Å²) in [5.74, 6) is 0. The third-order valence-electron chi connectivity index (χ3n) is 2.37. The number of nitrogens with two attached hydrogens (primary N) is 1. The molecule has 0 saturated heterocycles. The Bertz CT molecular complexity index is 456. The first-order valence-electron chi connectivity index (χ1n) is 4.42. The molecule has 1 fully saturated rings. The summed E-state index contributed by atoms with van der Waals surface area (Å²) < 4.78 is 2.13. The quantitative estimate of drug-likeness (QED) is 0.709. The summed E-state index contributed by atoms with van der Waals surface area (Å²) in [5.41, 5.74) is 8.14. The van der Waals surface area contributed by atoms with Crippen molar-refractivity contribution in [1.29, 1.82) is 0 Å². The van der Waals surface area contributed by atoms with Crippen molar-refractivity contribution >= 4 is 16.9 Å². The largest absolute Gasteiger partial charge is 0.397 e. The monoisotopic (exact) mass is 174 g/mol. The molecule has 1 aliphatic carbocycles. The average Bonchev–Trinajstić information content (AvgIpc) is 2.87. The molecule has 0 unspecified atom stereocenters. The van der Waals surface area contributed by atoms with Crippen molar-refractivity contribution in [2.45, 2.75) is 18.9 Å². The summed E-state index contributed by atoms with van der Waals surface area (Å²) in [4.78, 5) is 8.54. The van der Waals surface area contributed by atoms with E-state index in [2.05, 4.69) is 14.5 Å². The fourth-order valence-corrected chi connectivity index (χ4v) is 1.55. The van der Waals surface area contributed by atoms with Crippen molar-refractivity contribution in [3.8, 4) is 0 Å². The SMILES string of the molecule is Nc1cnc2c(c1)ncn2C1CC1. The Balaban J connectivity index is 2.26. The van der Waals surface area contributed by atoms with E-state index in [9.17, 15) is 0 Å². The highest BCUT2D eigenvalue weighted by Crippen LogP contribution is 2.36. The summed E-state index contributed by atoms with van der Waals surface area (Å²) >= 11 is 0. The molecule has 66 valence electrons. The lowest BCUT2D eigenvalue weighted by atomic mass is 10.4. The van der Waals surface area contributed by atoms with Crippen LogP contribution in [0.2, 0.25) is 0 Å². The molecule has 1 saturated carbocycles. The number of aromatic nitrogens is 3. The van der Waals surface area contributed by atoms with Crippen LogP contribution < -0.4 is 5.73 Å². The van der Waals surface area contributed by atoms with Gasteiger partial charge in [-0.3, -0.25) is 0 Å². The lowest BCUT2D eigenvalue weighted by molar-refractivity contribution is 0.757. The first-order chi connectivity index (χ1) is 6.34. The minimum Gasteiger partial charge on any atom is -0.397 e. The van der Waals surface area contributed by atoms with Crippen molar-refractivity contribution in [3.05, 3.63) is 18.6 Å². The Hall–Kier alpha value is -1.58. The zero-order valence-corrected chi connectivity index (χ0v) is 7.14. The highest BCUT2D eigenvalue weighted by atomic mass is 15.1. The molecule has 4 heteroatoms. The molecule has 0 aromatic carbocycles. The fraction of sp³-hybridized carbons (Fsp3) is 0.333. The van der Waals surface area contributed by atoms with E-state index in [4.69, 9.17) is 5.73 Å². The van der Waals surface area contributed by atoms with E-state index in [0.29, 0.717) is 11.7 Å². The number of pyridine rings is 1. The maximum atomic E-state index is 5.61. The van der Waals surface area contributed by atoms with Crippen LogP contribution in [0.1, 0.15) is 18.9 Å². The molecule has 0 atom stereocenters. The molecule has 2 N–H and O–H groups in total. The van der Waals surface area contributed by atoms with Gasteiger partial charge in [-0.2, -0.15) is 0 Å². The standard InChI is InChI=1S/C9H10N4/c10-6-3-8-9(11-4-6)13(5-12-8)7-1-2-7/h3-5,7H,1-2,10H2. The molecule has 1 aliphatic rings. The predicted molar refractivity (Wildman–Crippen MR) is 50.2 cm³/mol. The van der Waals surface area contributed by atoms with Gasteiger partial charge in [-0.25, -0.2) is 9.97 Å². The Morgan fingerprint density at radius 1 is 1.38 bits per heavy atom. The van der Waals surface area contributed by atoms with Gasteiger partial charge in [0.2, 0.25) is 0 Å². The maximum absolute atomic E-state index is 5.61. The van der Waals surface area contributed by atoms with E-state index in [1.807, 2.05) is 12.4 Å². The summed E-state index contributed by atoms with van der Waals surface area (Å²) in [6.45, 7) is 0. The van der Waals surface area contributed by atoms with E-state index in [-0.39, 0.29) is 0 Å². The number of hydrogen-bond acceptors (Lipinski definition) is 3. The van der Waals surface area contributed by atoms with Gasteiger partial charge in [-0.15, -0.1) is 0 Å². The van der Waals surface area contributed by atoms with Crippen LogP contribution in [0, 0.1) is 0 Å². The summed E-state index contributed by atoms with van der Waals surface area (Å²) in [7, 11) is 0. The molecule has 3 rings (SSSR count). The summed E-state index contributed by atoms with van der Waals surface area (Å²) in [5, 5.41) is 0. The Kier molecular flexibility index (Phi) is 1.17. The number of hydrogen-bond donors (Lipinski definition) is 1. The van der Waals surface area contributed by atoms with Crippen LogP contribution in [0.4, 0.5) is 5.69 Å². The van der Waals surface area contributed by atoms with E-state index in [0.717, 1.165) is 11.2 Å². The molecule has 0 spiro atoms. The van der Waals surface area contributed by atoms with Gasteiger partial charge in [0, 0.05) is 6.04 Å². The fourth-order valence-electron chi connectivity index (χ4n) is 1.55. The molecule has 0 bridgehead atoms. The molecule has 0 radical (unpaired) electrons. The summed E-state index contributed by atoms with van der Waals surface area (Å²) in [6.07, 6.45) is 6.03. The third kappa shape index (κ3) is 0.983. The van der Waals surface area contributed by atoms with Gasteiger partial charge in [0.05, 0.1) is 18.2 Å². The normalized spacial score (nSPS) is 16.6. The maximum Gasteiger partial charge on any atom is 0.160 e. The number of nitrogens with zero attached hydrogens (tertiary/aromatic N) is 3. The molecule has 2 aromatic heterocycles. The van der Waals surface area contributed by atoms with Crippen molar-refractivity contribution in [3.63, 3.8) is 0 Å². The second kappa shape index (κ2) is 2.22. The second-order valence-corrected chi connectivity index (χ2v) is 3.49. The van der Waals surface area contributed by atoms with Crippen LogP contribution in [0.5, 0.6) is 0 Å². The number of anilines is 1. The van der Waals surface area contributed by atoms with Crippen molar-refractivity contribution in [1.82, 2.24) is 14.5 Å². The molecule has 0 aliphatic heterocycles. The number of fused-ring (bicyclic) bond motifs is 1. The van der Waals surface area contributed by atoms with Crippen molar-refractivity contribution in [2.24, 2.45) is 0 Å². The number of rotatable bonds is 1. The first kappa shape index (κ1) is 6.88. The van der Waals surface area contributed by atoms with E-state index < -0.39 is 0 Å². The molecule has 4 nitrogen and oxygen atoms in total. The van der Waals surface area contributed by atoms with Crippen molar-refractivity contribution in [2.75, 3.05) is 5.73 Å². The summed E-state index contributed by atoms with van der Waals surface area (Å²) in [6, 6.07) is 2.49. The van der Waals surface area contributed by atoms with Gasteiger partial charge >= 0.3 is 0 Å². The molecule has 0 amide bonds. The van der Waals surface area contributed by atoms with E-state index >= 15 is 0 Å². The lowest BCUT2D eigenvalue weighted by Crippen LogP contribution is -1.93. The Morgan fingerprint density at radius 2 is 2.23 bits per heavy atom. The molecular weight excluding hydrogens is 164 g/mol. The third-order valence-corrected chi connectivity index (χ3v) is 2.37. The van der Waals surface area contributed by atoms with Gasteiger partial charge in [-0.1, -0.05) is 0 Å². The smallest absolute Gasteiger partial charge is 0.160 e. The van der Waals surface area contributed by atoms with E-state index in [1.54, 1.807) is 6.20 Å². The highest BCUT2D eigenvalue weighted by Gasteiger charge is 2.25. The minimum atomic E-state index is 0.626. The average molecular weight is 174 g/mol. The van der Waals surface area contributed by atoms with Gasteiger partial charge < -0.3 is 10.3 Å². The van der Waals surface area contributed by atoms with Crippen LogP contribution in [-0.2, 0) is 0 Å². The lowest BCUT2D eigenvalue weighted by Gasteiger charge is -1.98. The first-order valence-corrected chi connectivity index (χ1v) is 4.42. The van der Waals surface area contributed by atoms with Gasteiger partial charge in [0.25, 0.3) is 0 Å². The van der Waals surface area contributed by atoms with Gasteiger partial charge in [0.15, 0.2) is 5.65 Å². The van der Waals surface area contributed by atoms with Gasteiger partial charge in [0.1, 0.15) is 5.52 Å². The minimum absolute atomic E-state index is 0.626. The molecule has 2 heterocycles. The molecule has 13 heavy (non-hydrogen) atoms. The Morgan fingerprint density at radius 3 is 3.00 bits per heavy atom. The number of nitrogen functional groups attached to an aromatic ring is 1. The zero-order valence-electron chi connectivity index (χ0n) is 7.14.